The first-order valence-corrected chi connectivity index (χ1v) is 6.73. The van der Waals surface area contributed by atoms with Crippen LogP contribution in [0, 0.1) is 0 Å². The molecule has 0 rings (SSSR count). The zero-order valence-electron chi connectivity index (χ0n) is 10.4. The molecule has 3 N–H and O–H groups in total. The molecule has 1 atom stereocenters. The van der Waals surface area contributed by atoms with Crippen LogP contribution in [0.3, 0.4) is 0 Å². The Morgan fingerprint density at radius 3 is 2.39 bits per heavy atom. The maximum atomic E-state index is 11.6. The van der Waals surface area contributed by atoms with Gasteiger partial charge in [0.25, 0.3) is 0 Å². The predicted molar refractivity (Wildman–Crippen MR) is 67.8 cm³/mol. The van der Waals surface area contributed by atoms with Gasteiger partial charge in [-0.2, -0.15) is 11.8 Å². The molecular formula is C10H18N2O5S. The summed E-state index contributed by atoms with van der Waals surface area (Å²) in [7, 11) is 1.56. The van der Waals surface area contributed by atoms with Gasteiger partial charge in [0.1, 0.15) is 6.04 Å². The Balaban J connectivity index is 4.26. The minimum Gasteiger partial charge on any atom is -0.481 e. The highest BCUT2D eigenvalue weighted by atomic mass is 32.2. The Morgan fingerprint density at radius 2 is 1.94 bits per heavy atom. The molecule has 104 valence electrons. The Labute approximate surface area is 110 Å². The first kappa shape index (κ1) is 16.6. The molecule has 0 heterocycles. The lowest BCUT2D eigenvalue weighted by molar-refractivity contribution is -0.140. The van der Waals surface area contributed by atoms with E-state index in [2.05, 4.69) is 5.32 Å². The van der Waals surface area contributed by atoms with Gasteiger partial charge in [0, 0.05) is 25.8 Å². The van der Waals surface area contributed by atoms with Crippen LogP contribution in [0.5, 0.6) is 0 Å². The van der Waals surface area contributed by atoms with E-state index in [1.54, 1.807) is 18.8 Å². The Kier molecular flexibility index (Phi) is 7.93. The number of rotatable bonds is 8. The average Bonchev–Trinajstić information content (AvgIpc) is 2.30. The molecule has 0 aliphatic heterocycles. The van der Waals surface area contributed by atoms with Crippen molar-refractivity contribution in [3.63, 3.8) is 0 Å². The molecule has 0 bridgehead atoms. The quantitative estimate of drug-likeness (QED) is 0.590. The molecule has 0 aliphatic rings. The third kappa shape index (κ3) is 7.00. The molecule has 2 amide bonds. The van der Waals surface area contributed by atoms with Crippen LogP contribution < -0.4 is 5.32 Å². The number of amides is 2. The zero-order chi connectivity index (χ0) is 14.1. The van der Waals surface area contributed by atoms with Crippen LogP contribution in [0.2, 0.25) is 0 Å². The van der Waals surface area contributed by atoms with E-state index in [-0.39, 0.29) is 12.8 Å². The number of carboxylic acid groups (broad SMARTS) is 2. The van der Waals surface area contributed by atoms with Crippen LogP contribution in [-0.4, -0.2) is 64.7 Å². The summed E-state index contributed by atoms with van der Waals surface area (Å²) in [5.41, 5.74) is 0. The lowest BCUT2D eigenvalue weighted by Crippen LogP contribution is -2.47. The summed E-state index contributed by atoms with van der Waals surface area (Å²) in [6.07, 6.45) is 1.47. The summed E-state index contributed by atoms with van der Waals surface area (Å²) in [5, 5.41) is 19.6. The number of urea groups is 1. The van der Waals surface area contributed by atoms with Gasteiger partial charge in [-0.15, -0.1) is 0 Å². The molecule has 8 heteroatoms. The molecule has 0 radical (unpaired) electrons. The summed E-state index contributed by atoms with van der Waals surface area (Å²) in [6.45, 7) is 0.498. The molecule has 0 saturated heterocycles. The Hall–Kier alpha value is -1.44. The highest BCUT2D eigenvalue weighted by Crippen LogP contribution is 2.00. The molecule has 0 aliphatic carbocycles. The predicted octanol–water partition coefficient (Wildman–Crippen LogP) is 0.309. The molecule has 0 spiro atoms. The smallest absolute Gasteiger partial charge is 0.326 e. The highest BCUT2D eigenvalue weighted by molar-refractivity contribution is 7.98. The van der Waals surface area contributed by atoms with Crippen molar-refractivity contribution in [3.05, 3.63) is 0 Å². The van der Waals surface area contributed by atoms with E-state index < -0.39 is 24.0 Å². The second-order valence-electron chi connectivity index (χ2n) is 3.69. The van der Waals surface area contributed by atoms with Crippen molar-refractivity contribution < 1.29 is 24.6 Å². The van der Waals surface area contributed by atoms with E-state index in [4.69, 9.17) is 10.2 Å². The maximum Gasteiger partial charge on any atom is 0.326 e. The fourth-order valence-corrected chi connectivity index (χ4v) is 1.57. The van der Waals surface area contributed by atoms with Gasteiger partial charge in [-0.1, -0.05) is 0 Å². The molecule has 0 aromatic rings. The zero-order valence-corrected chi connectivity index (χ0v) is 11.2. The average molecular weight is 278 g/mol. The van der Waals surface area contributed by atoms with E-state index in [0.29, 0.717) is 6.54 Å². The standard InChI is InChI=1S/C10H18N2O5S/c1-12(5-6-18-2)10(17)11-7(9(15)16)3-4-8(13)14/h7H,3-6H2,1-2H3,(H,11,17)(H,13,14)(H,15,16)/t7-/m0/s1. The summed E-state index contributed by atoms with van der Waals surface area (Å²) in [4.78, 5) is 34.2. The lowest BCUT2D eigenvalue weighted by atomic mass is 10.1. The van der Waals surface area contributed by atoms with Crippen molar-refractivity contribution in [3.8, 4) is 0 Å². The van der Waals surface area contributed by atoms with Gasteiger partial charge in [0.05, 0.1) is 0 Å². The van der Waals surface area contributed by atoms with Gasteiger partial charge in [-0.25, -0.2) is 9.59 Å². The Morgan fingerprint density at radius 1 is 1.33 bits per heavy atom. The number of aliphatic carboxylic acids is 2. The van der Waals surface area contributed by atoms with Gasteiger partial charge < -0.3 is 20.4 Å². The number of hydrogen-bond acceptors (Lipinski definition) is 4. The first-order chi connectivity index (χ1) is 8.38. The second kappa shape index (κ2) is 8.62. The maximum absolute atomic E-state index is 11.6. The van der Waals surface area contributed by atoms with Gasteiger partial charge in [0.15, 0.2) is 0 Å². The van der Waals surface area contributed by atoms with Crippen LogP contribution in [0.25, 0.3) is 0 Å². The summed E-state index contributed by atoms with van der Waals surface area (Å²) in [5.74, 6) is -1.58. The number of carboxylic acids is 2. The normalized spacial score (nSPS) is 11.7. The van der Waals surface area contributed by atoms with E-state index in [1.807, 2.05) is 6.26 Å². The Bertz CT molecular complexity index is 311. The minimum atomic E-state index is -1.23. The van der Waals surface area contributed by atoms with E-state index in [9.17, 15) is 14.4 Å². The molecule has 0 saturated carbocycles. The van der Waals surface area contributed by atoms with Crippen molar-refractivity contribution in [1.29, 1.82) is 0 Å². The van der Waals surface area contributed by atoms with Crippen molar-refractivity contribution in [2.24, 2.45) is 0 Å². The monoisotopic (exact) mass is 278 g/mol. The topological polar surface area (TPSA) is 107 Å². The van der Waals surface area contributed by atoms with Gasteiger partial charge in [-0.05, 0) is 12.7 Å². The van der Waals surface area contributed by atoms with Crippen LogP contribution in [0.1, 0.15) is 12.8 Å². The lowest BCUT2D eigenvalue weighted by Gasteiger charge is -2.20. The number of nitrogens with zero attached hydrogens (tertiary/aromatic N) is 1. The van der Waals surface area contributed by atoms with Gasteiger partial charge in [-0.3, -0.25) is 4.79 Å². The number of carbonyl (C=O) groups excluding carboxylic acids is 1. The minimum absolute atomic E-state index is 0.132. The largest absolute Gasteiger partial charge is 0.481 e. The molecular weight excluding hydrogens is 260 g/mol. The number of thioether (sulfide) groups is 1. The van der Waals surface area contributed by atoms with Crippen molar-refractivity contribution in [2.45, 2.75) is 18.9 Å². The molecule has 7 nitrogen and oxygen atoms in total. The molecule has 0 unspecified atom stereocenters. The van der Waals surface area contributed by atoms with Gasteiger partial charge >= 0.3 is 18.0 Å². The fraction of sp³-hybridized carbons (Fsp3) is 0.700. The number of hydrogen-bond donors (Lipinski definition) is 3. The van der Waals surface area contributed by atoms with Crippen LogP contribution in [0.15, 0.2) is 0 Å². The van der Waals surface area contributed by atoms with Crippen molar-refractivity contribution >= 4 is 29.7 Å². The van der Waals surface area contributed by atoms with E-state index in [1.165, 1.54) is 4.90 Å². The summed E-state index contributed by atoms with van der Waals surface area (Å²) >= 11 is 1.57. The van der Waals surface area contributed by atoms with Crippen LogP contribution >= 0.6 is 11.8 Å². The van der Waals surface area contributed by atoms with Gasteiger partial charge in [0.2, 0.25) is 0 Å². The van der Waals surface area contributed by atoms with Crippen molar-refractivity contribution in [1.82, 2.24) is 10.2 Å². The molecule has 0 aromatic heterocycles. The number of nitrogens with one attached hydrogen (secondary N) is 1. The van der Waals surface area contributed by atoms with Crippen LogP contribution in [0.4, 0.5) is 4.79 Å². The fourth-order valence-electron chi connectivity index (χ4n) is 1.11. The molecule has 0 fully saturated rings. The first-order valence-electron chi connectivity index (χ1n) is 5.33. The van der Waals surface area contributed by atoms with Crippen LogP contribution in [-0.2, 0) is 9.59 Å². The third-order valence-electron chi connectivity index (χ3n) is 2.22. The van der Waals surface area contributed by atoms with E-state index >= 15 is 0 Å². The van der Waals surface area contributed by atoms with Crippen molar-refractivity contribution in [2.75, 3.05) is 25.6 Å². The SMILES string of the molecule is CSCCN(C)C(=O)N[C@@H](CCC(=O)O)C(=O)O. The molecule has 0 aromatic carbocycles. The third-order valence-corrected chi connectivity index (χ3v) is 2.81. The second-order valence-corrected chi connectivity index (χ2v) is 4.67. The molecule has 18 heavy (non-hydrogen) atoms. The highest BCUT2D eigenvalue weighted by Gasteiger charge is 2.22. The summed E-state index contributed by atoms with van der Waals surface area (Å²) < 4.78 is 0. The van der Waals surface area contributed by atoms with E-state index in [0.717, 1.165) is 5.75 Å². The number of carbonyl (C=O) groups is 3. The summed E-state index contributed by atoms with van der Waals surface area (Å²) in [6, 6.07) is -1.69.